The summed E-state index contributed by atoms with van der Waals surface area (Å²) in [7, 11) is 3.09. The standard InChI is InChI=1S/C10H15N3O4/c1-16-6-7(17-2)5-11-10(15)8-3-4-9(14)13-12-8/h3-4,7H,5-6H2,1-2H3,(H,11,15)(H,13,14). The fourth-order valence-electron chi connectivity index (χ4n) is 1.16. The Hall–Kier alpha value is -1.73. The van der Waals surface area contributed by atoms with E-state index in [9.17, 15) is 9.59 Å². The van der Waals surface area contributed by atoms with Gasteiger partial charge < -0.3 is 14.8 Å². The van der Waals surface area contributed by atoms with Crippen LogP contribution in [0.25, 0.3) is 0 Å². The Morgan fingerprint density at radius 1 is 1.53 bits per heavy atom. The summed E-state index contributed by atoms with van der Waals surface area (Å²) < 4.78 is 9.99. The van der Waals surface area contributed by atoms with Gasteiger partial charge in [0.25, 0.3) is 11.5 Å². The smallest absolute Gasteiger partial charge is 0.271 e. The second kappa shape index (κ2) is 6.77. The van der Waals surface area contributed by atoms with E-state index in [0.717, 1.165) is 0 Å². The molecule has 2 N–H and O–H groups in total. The summed E-state index contributed by atoms with van der Waals surface area (Å²) in [5.41, 5.74) is -0.201. The third kappa shape index (κ3) is 4.33. The number of nitrogens with one attached hydrogen (secondary N) is 2. The van der Waals surface area contributed by atoms with Gasteiger partial charge in [-0.15, -0.1) is 0 Å². The number of nitrogens with zero attached hydrogens (tertiary/aromatic N) is 1. The van der Waals surface area contributed by atoms with Gasteiger partial charge in [-0.1, -0.05) is 0 Å². The van der Waals surface area contributed by atoms with Crippen LogP contribution in [0.3, 0.4) is 0 Å². The first-order valence-electron chi connectivity index (χ1n) is 5.03. The summed E-state index contributed by atoms with van der Waals surface area (Å²) in [6.45, 7) is 0.694. The summed E-state index contributed by atoms with van der Waals surface area (Å²) in [5.74, 6) is -0.376. The first kappa shape index (κ1) is 13.3. The lowest BCUT2D eigenvalue weighted by Gasteiger charge is -2.14. The molecule has 1 heterocycles. The molecule has 1 aromatic heterocycles. The van der Waals surface area contributed by atoms with Crippen molar-refractivity contribution in [2.75, 3.05) is 27.4 Å². The van der Waals surface area contributed by atoms with Crippen LogP contribution < -0.4 is 10.9 Å². The Balaban J connectivity index is 2.49. The Labute approximate surface area is 98.1 Å². The predicted molar refractivity (Wildman–Crippen MR) is 59.9 cm³/mol. The molecular weight excluding hydrogens is 226 g/mol. The van der Waals surface area contributed by atoms with Crippen molar-refractivity contribution in [1.29, 1.82) is 0 Å². The maximum absolute atomic E-state index is 11.6. The fraction of sp³-hybridized carbons (Fsp3) is 0.500. The second-order valence-corrected chi connectivity index (χ2v) is 3.33. The van der Waals surface area contributed by atoms with Crippen molar-refractivity contribution >= 4 is 5.91 Å². The minimum Gasteiger partial charge on any atom is -0.382 e. The van der Waals surface area contributed by atoms with E-state index in [1.165, 1.54) is 19.2 Å². The number of H-pyrrole nitrogens is 1. The van der Waals surface area contributed by atoms with Gasteiger partial charge in [0.1, 0.15) is 5.69 Å². The van der Waals surface area contributed by atoms with Crippen LogP contribution in [0.15, 0.2) is 16.9 Å². The molecule has 1 rings (SSSR count). The average molecular weight is 241 g/mol. The summed E-state index contributed by atoms with van der Waals surface area (Å²) in [6.07, 6.45) is -0.216. The summed E-state index contributed by atoms with van der Waals surface area (Å²) in [5, 5.41) is 8.42. The van der Waals surface area contributed by atoms with Gasteiger partial charge in [0, 0.05) is 26.8 Å². The van der Waals surface area contributed by atoms with Crippen LogP contribution in [0, 0.1) is 0 Å². The molecule has 0 bridgehead atoms. The van der Waals surface area contributed by atoms with Gasteiger partial charge >= 0.3 is 0 Å². The highest BCUT2D eigenvalue weighted by Crippen LogP contribution is 1.92. The zero-order valence-corrected chi connectivity index (χ0v) is 9.73. The van der Waals surface area contributed by atoms with Gasteiger partial charge in [-0.2, -0.15) is 5.10 Å². The molecule has 0 fully saturated rings. The molecule has 1 atom stereocenters. The molecule has 1 unspecified atom stereocenters. The van der Waals surface area contributed by atoms with Crippen molar-refractivity contribution in [2.45, 2.75) is 6.10 Å². The first-order chi connectivity index (χ1) is 8.17. The van der Waals surface area contributed by atoms with Crippen LogP contribution >= 0.6 is 0 Å². The second-order valence-electron chi connectivity index (χ2n) is 3.33. The highest BCUT2D eigenvalue weighted by Gasteiger charge is 2.11. The first-order valence-corrected chi connectivity index (χ1v) is 5.03. The lowest BCUT2D eigenvalue weighted by atomic mass is 10.3. The van der Waals surface area contributed by atoms with Gasteiger partial charge in [0.05, 0.1) is 12.7 Å². The Morgan fingerprint density at radius 3 is 2.82 bits per heavy atom. The summed E-state index contributed by atoms with van der Waals surface area (Å²) in [6, 6.07) is 2.59. The maximum Gasteiger partial charge on any atom is 0.271 e. The van der Waals surface area contributed by atoms with Crippen molar-refractivity contribution < 1.29 is 14.3 Å². The number of amides is 1. The average Bonchev–Trinajstić information content (AvgIpc) is 2.35. The lowest BCUT2D eigenvalue weighted by Crippen LogP contribution is -2.36. The molecule has 0 radical (unpaired) electrons. The minimum atomic E-state index is -0.376. The van der Waals surface area contributed by atoms with Gasteiger partial charge in [0.15, 0.2) is 0 Å². The topological polar surface area (TPSA) is 93.3 Å². The van der Waals surface area contributed by atoms with E-state index >= 15 is 0 Å². The number of hydrogen-bond donors (Lipinski definition) is 2. The molecule has 7 heteroatoms. The largest absolute Gasteiger partial charge is 0.382 e. The third-order valence-electron chi connectivity index (χ3n) is 2.09. The minimum absolute atomic E-state index is 0.150. The van der Waals surface area contributed by atoms with Gasteiger partial charge in [-0.3, -0.25) is 9.59 Å². The molecule has 17 heavy (non-hydrogen) atoms. The highest BCUT2D eigenvalue weighted by atomic mass is 16.5. The number of carbonyl (C=O) groups is 1. The van der Waals surface area contributed by atoms with Gasteiger partial charge in [-0.05, 0) is 6.07 Å². The number of hydrogen-bond acceptors (Lipinski definition) is 5. The van der Waals surface area contributed by atoms with E-state index in [1.54, 1.807) is 7.11 Å². The number of rotatable bonds is 6. The molecule has 0 spiro atoms. The summed E-state index contributed by atoms with van der Waals surface area (Å²) in [4.78, 5) is 22.3. The SMILES string of the molecule is COCC(CNC(=O)c1ccc(=O)[nH]n1)OC. The van der Waals surface area contributed by atoms with Crippen LogP contribution in [-0.2, 0) is 9.47 Å². The van der Waals surface area contributed by atoms with E-state index in [0.29, 0.717) is 13.2 Å². The third-order valence-corrected chi connectivity index (χ3v) is 2.09. The lowest BCUT2D eigenvalue weighted by molar-refractivity contribution is 0.0285. The number of ether oxygens (including phenoxy) is 2. The van der Waals surface area contributed by atoms with Gasteiger partial charge in [0.2, 0.25) is 0 Å². The molecule has 0 saturated heterocycles. The Kier molecular flexibility index (Phi) is 5.31. The zero-order valence-electron chi connectivity index (χ0n) is 9.73. The van der Waals surface area contributed by atoms with Crippen LogP contribution in [0.1, 0.15) is 10.5 Å². The molecule has 94 valence electrons. The van der Waals surface area contributed by atoms with Crippen molar-refractivity contribution in [3.8, 4) is 0 Å². The van der Waals surface area contributed by atoms with Crippen LogP contribution in [0.5, 0.6) is 0 Å². The summed E-state index contributed by atoms with van der Waals surface area (Å²) >= 11 is 0. The highest BCUT2D eigenvalue weighted by molar-refractivity contribution is 5.91. The van der Waals surface area contributed by atoms with Crippen molar-refractivity contribution in [1.82, 2.24) is 15.5 Å². The molecule has 0 aliphatic rings. The molecule has 0 aliphatic carbocycles. The predicted octanol–water partition coefficient (Wildman–Crippen LogP) is -0.839. The fourth-order valence-corrected chi connectivity index (χ4v) is 1.16. The number of carbonyl (C=O) groups excluding carboxylic acids is 1. The van der Waals surface area contributed by atoms with Crippen LogP contribution in [0.2, 0.25) is 0 Å². The Morgan fingerprint density at radius 2 is 2.29 bits per heavy atom. The molecule has 1 amide bonds. The quantitative estimate of drug-likeness (QED) is 0.677. The normalized spacial score (nSPS) is 12.1. The molecular formula is C10H15N3O4. The van der Waals surface area contributed by atoms with E-state index in [2.05, 4.69) is 15.5 Å². The van der Waals surface area contributed by atoms with E-state index in [1.807, 2.05) is 0 Å². The van der Waals surface area contributed by atoms with Crippen LogP contribution in [-0.4, -0.2) is 49.6 Å². The molecule has 0 aromatic carbocycles. The molecule has 0 aliphatic heterocycles. The Bertz CT molecular complexity index is 398. The molecule has 1 aromatic rings. The number of aromatic nitrogens is 2. The van der Waals surface area contributed by atoms with E-state index in [4.69, 9.17) is 9.47 Å². The van der Waals surface area contributed by atoms with Crippen molar-refractivity contribution in [3.05, 3.63) is 28.2 Å². The van der Waals surface area contributed by atoms with E-state index in [-0.39, 0.29) is 23.3 Å². The molecule has 7 nitrogen and oxygen atoms in total. The van der Waals surface area contributed by atoms with Crippen molar-refractivity contribution in [2.24, 2.45) is 0 Å². The maximum atomic E-state index is 11.6. The van der Waals surface area contributed by atoms with Crippen LogP contribution in [0.4, 0.5) is 0 Å². The van der Waals surface area contributed by atoms with E-state index < -0.39 is 0 Å². The zero-order chi connectivity index (χ0) is 12.7. The van der Waals surface area contributed by atoms with Crippen molar-refractivity contribution in [3.63, 3.8) is 0 Å². The number of aromatic amines is 1. The monoisotopic (exact) mass is 241 g/mol. The molecule has 0 saturated carbocycles. The van der Waals surface area contributed by atoms with Gasteiger partial charge in [-0.25, -0.2) is 5.10 Å². The number of methoxy groups -OCH3 is 2.